The van der Waals surface area contributed by atoms with Crippen molar-refractivity contribution in [1.82, 2.24) is 15.2 Å². The van der Waals surface area contributed by atoms with Gasteiger partial charge in [-0.2, -0.15) is 0 Å². The number of anilines is 1. The van der Waals surface area contributed by atoms with E-state index in [9.17, 15) is 14.4 Å². The van der Waals surface area contributed by atoms with E-state index in [0.29, 0.717) is 18.2 Å². The normalized spacial score (nSPS) is 16.8. The molecule has 1 aliphatic rings. The van der Waals surface area contributed by atoms with E-state index in [0.717, 1.165) is 22.4 Å². The van der Waals surface area contributed by atoms with E-state index >= 15 is 0 Å². The summed E-state index contributed by atoms with van der Waals surface area (Å²) in [4.78, 5) is 42.6. The third kappa shape index (κ3) is 5.03. The largest absolute Gasteiger partial charge is 0.469 e. The molecular weight excluding hydrogens is 404 g/mol. The van der Waals surface area contributed by atoms with E-state index in [4.69, 9.17) is 0 Å². The van der Waals surface area contributed by atoms with Gasteiger partial charge < -0.3 is 15.4 Å². The van der Waals surface area contributed by atoms with Gasteiger partial charge in [0.25, 0.3) is 0 Å². The molecule has 0 saturated carbocycles. The lowest BCUT2D eigenvalue weighted by atomic mass is 9.98. The maximum absolute atomic E-state index is 12.6. The van der Waals surface area contributed by atoms with Crippen LogP contribution in [0.2, 0.25) is 0 Å². The second kappa shape index (κ2) is 9.36. The number of methoxy groups -OCH3 is 1. The van der Waals surface area contributed by atoms with Crippen LogP contribution in [-0.4, -0.2) is 60.5 Å². The van der Waals surface area contributed by atoms with E-state index in [1.54, 1.807) is 4.90 Å². The number of hydrogen-bond acceptors (Lipinski definition) is 7. The molecular formula is C21H26N4O4S. The number of benzene rings is 1. The number of carbonyl (C=O) groups excluding carboxylic acids is 3. The molecule has 1 aromatic carbocycles. The van der Waals surface area contributed by atoms with Crippen molar-refractivity contribution in [3.8, 4) is 11.3 Å². The summed E-state index contributed by atoms with van der Waals surface area (Å²) in [5.74, 6) is -1.05. The van der Waals surface area contributed by atoms with Crippen LogP contribution in [-0.2, 0) is 19.1 Å². The fourth-order valence-electron chi connectivity index (χ4n) is 3.79. The summed E-state index contributed by atoms with van der Waals surface area (Å²) in [5.41, 5.74) is 5.38. The van der Waals surface area contributed by atoms with E-state index in [1.807, 2.05) is 5.38 Å². The van der Waals surface area contributed by atoms with Crippen molar-refractivity contribution in [3.05, 3.63) is 34.2 Å². The van der Waals surface area contributed by atoms with Gasteiger partial charge in [0, 0.05) is 24.0 Å². The van der Waals surface area contributed by atoms with Gasteiger partial charge >= 0.3 is 5.97 Å². The van der Waals surface area contributed by atoms with Gasteiger partial charge in [-0.3, -0.25) is 19.3 Å². The number of ether oxygens (including phenoxy) is 1. The minimum absolute atomic E-state index is 0.00736. The monoisotopic (exact) mass is 430 g/mol. The summed E-state index contributed by atoms with van der Waals surface area (Å²) in [5, 5.41) is 7.96. The fourth-order valence-corrected chi connectivity index (χ4v) is 4.51. The Morgan fingerprint density at radius 1 is 1.30 bits per heavy atom. The first-order chi connectivity index (χ1) is 14.3. The number of hydrogen-bond donors (Lipinski definition) is 2. The zero-order valence-electron chi connectivity index (χ0n) is 17.6. The summed E-state index contributed by atoms with van der Waals surface area (Å²) >= 11 is 1.36. The summed E-state index contributed by atoms with van der Waals surface area (Å²) in [6, 6.07) is 3.51. The summed E-state index contributed by atoms with van der Waals surface area (Å²) in [6.45, 7) is 7.06. The van der Waals surface area contributed by atoms with Gasteiger partial charge in [-0.1, -0.05) is 17.7 Å². The fraction of sp³-hybridized carbons (Fsp3) is 0.429. The Kier molecular flexibility index (Phi) is 6.84. The van der Waals surface area contributed by atoms with Gasteiger partial charge in [-0.25, -0.2) is 4.98 Å². The Bertz CT molecular complexity index is 949. The number of piperazine rings is 1. The zero-order chi connectivity index (χ0) is 21.8. The molecule has 1 aromatic heterocycles. The van der Waals surface area contributed by atoms with Gasteiger partial charge in [0.2, 0.25) is 11.8 Å². The predicted molar refractivity (Wildman–Crippen MR) is 115 cm³/mol. The maximum Gasteiger partial charge on any atom is 0.307 e. The molecule has 2 aromatic rings. The SMILES string of the molecule is COC(=O)CC1C(=O)NCCN1CC(=O)Nc1nc(-c2c(C)cc(C)cc2C)cs1. The van der Waals surface area contributed by atoms with Crippen molar-refractivity contribution in [1.29, 1.82) is 0 Å². The molecule has 1 unspecified atom stereocenters. The van der Waals surface area contributed by atoms with E-state index in [1.165, 1.54) is 24.0 Å². The smallest absolute Gasteiger partial charge is 0.307 e. The molecule has 2 amide bonds. The Labute approximate surface area is 179 Å². The minimum Gasteiger partial charge on any atom is -0.469 e. The molecule has 1 saturated heterocycles. The van der Waals surface area contributed by atoms with E-state index in [-0.39, 0.29) is 24.8 Å². The van der Waals surface area contributed by atoms with Gasteiger partial charge in [0.15, 0.2) is 5.13 Å². The van der Waals surface area contributed by atoms with Crippen LogP contribution in [0.25, 0.3) is 11.3 Å². The zero-order valence-corrected chi connectivity index (χ0v) is 18.4. The number of nitrogens with one attached hydrogen (secondary N) is 2. The molecule has 2 N–H and O–H groups in total. The maximum atomic E-state index is 12.6. The van der Waals surface area contributed by atoms with Crippen LogP contribution in [0.5, 0.6) is 0 Å². The molecule has 0 bridgehead atoms. The topological polar surface area (TPSA) is 101 Å². The quantitative estimate of drug-likeness (QED) is 0.680. The number of aromatic nitrogens is 1. The van der Waals surface area contributed by atoms with Gasteiger partial charge in [-0.15, -0.1) is 11.3 Å². The minimum atomic E-state index is -0.721. The Morgan fingerprint density at radius 3 is 2.67 bits per heavy atom. The molecule has 1 fully saturated rings. The van der Waals surface area contributed by atoms with Crippen LogP contribution < -0.4 is 10.6 Å². The van der Waals surface area contributed by atoms with Gasteiger partial charge in [-0.05, 0) is 31.9 Å². The highest BCUT2D eigenvalue weighted by atomic mass is 32.1. The highest BCUT2D eigenvalue weighted by Gasteiger charge is 2.33. The van der Waals surface area contributed by atoms with Crippen LogP contribution in [0.3, 0.4) is 0 Å². The van der Waals surface area contributed by atoms with Crippen LogP contribution in [0, 0.1) is 20.8 Å². The van der Waals surface area contributed by atoms with E-state index in [2.05, 4.69) is 53.3 Å². The number of nitrogens with zero attached hydrogens (tertiary/aromatic N) is 2. The van der Waals surface area contributed by atoms with Crippen LogP contribution >= 0.6 is 11.3 Å². The molecule has 30 heavy (non-hydrogen) atoms. The highest BCUT2D eigenvalue weighted by Crippen LogP contribution is 2.31. The standard InChI is InChI=1S/C21H26N4O4S/c1-12-7-13(2)19(14(3)8-12)15-11-30-21(23-15)24-17(26)10-25-6-5-22-20(28)16(25)9-18(27)29-4/h7-8,11,16H,5-6,9-10H2,1-4H3,(H,22,28)(H,23,24,26). The van der Waals surface area contributed by atoms with Crippen molar-refractivity contribution in [2.75, 3.05) is 32.1 Å². The number of amides is 2. The lowest BCUT2D eigenvalue weighted by Crippen LogP contribution is -2.57. The Morgan fingerprint density at radius 2 is 2.00 bits per heavy atom. The molecule has 8 nitrogen and oxygen atoms in total. The summed E-state index contributed by atoms with van der Waals surface area (Å²) in [6.07, 6.45) is -0.0943. The summed E-state index contributed by atoms with van der Waals surface area (Å²) in [7, 11) is 1.28. The number of thiazole rings is 1. The Balaban J connectivity index is 1.68. The van der Waals surface area contributed by atoms with Gasteiger partial charge in [0.05, 0.1) is 25.8 Å². The van der Waals surface area contributed by atoms with Crippen molar-refractivity contribution in [3.63, 3.8) is 0 Å². The van der Waals surface area contributed by atoms with E-state index < -0.39 is 12.0 Å². The third-order valence-electron chi connectivity index (χ3n) is 5.06. The van der Waals surface area contributed by atoms with Crippen LogP contribution in [0.15, 0.2) is 17.5 Å². The van der Waals surface area contributed by atoms with Crippen molar-refractivity contribution in [2.45, 2.75) is 33.2 Å². The lowest BCUT2D eigenvalue weighted by Gasteiger charge is -2.33. The number of rotatable bonds is 6. The Hall–Kier alpha value is -2.78. The van der Waals surface area contributed by atoms with Crippen molar-refractivity contribution >= 4 is 34.3 Å². The van der Waals surface area contributed by atoms with Gasteiger partial charge in [0.1, 0.15) is 6.04 Å². The molecule has 0 spiro atoms. The molecule has 2 heterocycles. The molecule has 1 aliphatic heterocycles. The average molecular weight is 431 g/mol. The molecule has 3 rings (SSSR count). The number of aryl methyl sites for hydroxylation is 3. The first-order valence-electron chi connectivity index (χ1n) is 9.70. The average Bonchev–Trinajstić information content (AvgIpc) is 3.11. The summed E-state index contributed by atoms with van der Waals surface area (Å²) < 4.78 is 4.67. The molecule has 0 aliphatic carbocycles. The molecule has 1 atom stereocenters. The van der Waals surface area contributed by atoms with Crippen LogP contribution in [0.1, 0.15) is 23.1 Å². The molecule has 0 radical (unpaired) electrons. The highest BCUT2D eigenvalue weighted by molar-refractivity contribution is 7.14. The first kappa shape index (κ1) is 21.9. The molecule has 160 valence electrons. The lowest BCUT2D eigenvalue weighted by molar-refractivity contribution is -0.146. The predicted octanol–water partition coefficient (Wildman–Crippen LogP) is 2.04. The second-order valence-corrected chi connectivity index (χ2v) is 8.28. The van der Waals surface area contributed by atoms with Crippen molar-refractivity contribution in [2.24, 2.45) is 0 Å². The first-order valence-corrected chi connectivity index (χ1v) is 10.6. The van der Waals surface area contributed by atoms with Crippen molar-refractivity contribution < 1.29 is 19.1 Å². The van der Waals surface area contributed by atoms with Crippen LogP contribution in [0.4, 0.5) is 5.13 Å². The number of esters is 1. The molecule has 9 heteroatoms. The number of carbonyl (C=O) groups is 3. The third-order valence-corrected chi connectivity index (χ3v) is 5.82. The second-order valence-electron chi connectivity index (χ2n) is 7.42.